The Labute approximate surface area is 215 Å². The van der Waals surface area contributed by atoms with E-state index in [9.17, 15) is 43.5 Å². The van der Waals surface area contributed by atoms with Crippen molar-refractivity contribution in [2.45, 2.75) is 50.2 Å². The normalized spacial score (nSPS) is 25.3. The predicted molar refractivity (Wildman–Crippen MR) is 118 cm³/mol. The van der Waals surface area contributed by atoms with Crippen LogP contribution < -0.4 is 30.6 Å². The second-order valence-corrected chi connectivity index (χ2v) is 12.3. The number of phosphoric acid groups is 3. The predicted octanol–water partition coefficient (Wildman–Crippen LogP) is -2.81. The molecule has 216 valence electrons. The fourth-order valence-corrected chi connectivity index (χ4v) is 6.41. The van der Waals surface area contributed by atoms with Crippen molar-refractivity contribution in [3.05, 3.63) is 12.7 Å². The first kappa shape index (κ1) is 31.1. The summed E-state index contributed by atoms with van der Waals surface area (Å²) in [6.07, 6.45) is 0.0253. The minimum Gasteiger partial charge on any atom is -0.790 e. The summed E-state index contributed by atoms with van der Waals surface area (Å²) < 4.78 is 51.0. The molecule has 38 heavy (non-hydrogen) atoms. The lowest BCUT2D eigenvalue weighted by atomic mass is 10.1. The van der Waals surface area contributed by atoms with E-state index in [-0.39, 0.29) is 5.65 Å². The van der Waals surface area contributed by atoms with E-state index in [1.54, 1.807) is 0 Å². The molecular formula is C16H25N6O13P3-4. The molecule has 0 aromatic carbocycles. The highest BCUT2D eigenvalue weighted by molar-refractivity contribution is 7.64. The summed E-state index contributed by atoms with van der Waals surface area (Å²) in [5.74, 6) is 0.412. The molecule has 0 saturated carbocycles. The van der Waals surface area contributed by atoms with Crippen molar-refractivity contribution in [2.24, 2.45) is 5.73 Å². The summed E-state index contributed by atoms with van der Waals surface area (Å²) >= 11 is 0. The lowest BCUT2D eigenvalue weighted by Gasteiger charge is -2.37. The van der Waals surface area contributed by atoms with Gasteiger partial charge in [-0.25, -0.2) is 19.3 Å². The summed E-state index contributed by atoms with van der Waals surface area (Å²) in [7, 11) is -18.1. The second kappa shape index (κ2) is 12.8. The van der Waals surface area contributed by atoms with Crippen molar-refractivity contribution in [3.63, 3.8) is 0 Å². The molecule has 0 amide bonds. The fourth-order valence-electron chi connectivity index (χ4n) is 3.54. The SMILES string of the molecule is NCCCCCCNc1ncnc2c1ncn2C1OC(COP(=O)([O-])OP(=O)([O-])OP(=O)([O-])[O-])C(O)C1O. The highest BCUT2D eigenvalue weighted by Crippen LogP contribution is 2.60. The molecule has 1 aliphatic rings. The first-order chi connectivity index (χ1) is 17.7. The zero-order valence-electron chi connectivity index (χ0n) is 19.5. The van der Waals surface area contributed by atoms with E-state index in [1.807, 2.05) is 0 Å². The molecule has 6 unspecified atom stereocenters. The number of nitrogens with one attached hydrogen (secondary N) is 1. The van der Waals surface area contributed by atoms with Crippen LogP contribution in [0.15, 0.2) is 12.7 Å². The number of fused-ring (bicyclic) bond motifs is 1. The Bertz CT molecular complexity index is 1230. The molecule has 0 radical (unpaired) electrons. The third-order valence-electron chi connectivity index (χ3n) is 5.19. The number of aliphatic hydroxyl groups is 2. The number of rotatable bonds is 15. The maximum atomic E-state index is 11.8. The van der Waals surface area contributed by atoms with Gasteiger partial charge in [-0.1, -0.05) is 12.8 Å². The second-order valence-electron chi connectivity index (χ2n) is 8.02. The molecule has 1 saturated heterocycles. The average molecular weight is 602 g/mol. The molecule has 2 aromatic heterocycles. The minimum absolute atomic E-state index is 0.213. The van der Waals surface area contributed by atoms with E-state index in [4.69, 9.17) is 10.5 Å². The third-order valence-corrected chi connectivity index (χ3v) is 8.86. The number of imidazole rings is 1. The number of nitrogens with two attached hydrogens (primary N) is 1. The Morgan fingerprint density at radius 1 is 1.00 bits per heavy atom. The van der Waals surface area contributed by atoms with Crippen molar-refractivity contribution < 1.29 is 61.4 Å². The molecule has 22 heteroatoms. The van der Waals surface area contributed by atoms with Crippen LogP contribution >= 0.6 is 23.5 Å². The number of hydrogen-bond donors (Lipinski definition) is 4. The minimum atomic E-state index is -6.15. The Kier molecular flexibility index (Phi) is 10.5. The van der Waals surface area contributed by atoms with Crippen LogP contribution in [-0.4, -0.2) is 67.7 Å². The summed E-state index contributed by atoms with van der Waals surface area (Å²) in [5, 5.41) is 23.9. The largest absolute Gasteiger partial charge is 0.790 e. The van der Waals surface area contributed by atoms with Gasteiger partial charge in [0.05, 0.1) is 20.8 Å². The molecule has 19 nitrogen and oxygen atoms in total. The molecule has 0 aliphatic carbocycles. The van der Waals surface area contributed by atoms with Crippen LogP contribution in [0.4, 0.5) is 5.82 Å². The lowest BCUT2D eigenvalue weighted by molar-refractivity contribution is -0.339. The quantitative estimate of drug-likeness (QED) is 0.118. The summed E-state index contributed by atoms with van der Waals surface area (Å²) in [4.78, 5) is 56.3. The van der Waals surface area contributed by atoms with Crippen molar-refractivity contribution in [3.8, 4) is 0 Å². The van der Waals surface area contributed by atoms with Crippen LogP contribution in [0.5, 0.6) is 0 Å². The number of aromatic nitrogens is 4. The Morgan fingerprint density at radius 3 is 2.39 bits per heavy atom. The third kappa shape index (κ3) is 8.55. The van der Waals surface area contributed by atoms with Crippen molar-refractivity contribution in [1.29, 1.82) is 0 Å². The van der Waals surface area contributed by atoms with E-state index in [0.29, 0.717) is 24.4 Å². The lowest BCUT2D eigenvalue weighted by Crippen LogP contribution is -2.34. The summed E-state index contributed by atoms with van der Waals surface area (Å²) in [6, 6.07) is 0. The van der Waals surface area contributed by atoms with Crippen molar-refractivity contribution >= 4 is 40.4 Å². The standard InChI is InChI=1S/C16H29N6O13P3/c17-5-3-1-2-4-6-18-14-11-15(20-8-19-14)22(9-21-11)16-13(24)12(23)10(33-16)7-32-37(28,29)35-38(30,31)34-36(25,26)27/h8-10,12-13,16,23-24H,1-7,17H2,(H,28,29)(H,30,31)(H,18,19,20)(H2,25,26,27)/p-4. The summed E-state index contributed by atoms with van der Waals surface area (Å²) in [6.45, 7) is 0.162. The molecule has 3 heterocycles. The first-order valence-electron chi connectivity index (χ1n) is 11.1. The molecule has 3 rings (SSSR count). The molecule has 1 fully saturated rings. The van der Waals surface area contributed by atoms with E-state index in [1.165, 1.54) is 17.2 Å². The van der Waals surface area contributed by atoms with Gasteiger partial charge >= 0.3 is 0 Å². The van der Waals surface area contributed by atoms with E-state index in [0.717, 1.165) is 25.7 Å². The van der Waals surface area contributed by atoms with Gasteiger partial charge in [0.2, 0.25) is 0 Å². The van der Waals surface area contributed by atoms with Crippen LogP contribution in [0.3, 0.4) is 0 Å². The van der Waals surface area contributed by atoms with E-state index in [2.05, 4.69) is 33.4 Å². The number of ether oxygens (including phenoxy) is 1. The molecule has 0 bridgehead atoms. The van der Waals surface area contributed by atoms with Crippen molar-refractivity contribution in [1.82, 2.24) is 19.5 Å². The number of unbranched alkanes of at least 4 members (excludes halogenated alkanes) is 3. The molecule has 6 atom stereocenters. The number of nitrogens with zero attached hydrogens (tertiary/aromatic N) is 4. The van der Waals surface area contributed by atoms with Gasteiger partial charge in [-0.2, -0.15) is 0 Å². The van der Waals surface area contributed by atoms with Gasteiger partial charge in [-0.3, -0.25) is 18.0 Å². The van der Waals surface area contributed by atoms with Crippen LogP contribution in [0.2, 0.25) is 0 Å². The fraction of sp³-hybridized carbons (Fsp3) is 0.688. The average Bonchev–Trinajstić information content (AvgIpc) is 3.34. The molecule has 2 aromatic rings. The highest BCUT2D eigenvalue weighted by atomic mass is 31.3. The van der Waals surface area contributed by atoms with Crippen LogP contribution in [0, 0.1) is 0 Å². The Balaban J connectivity index is 1.64. The van der Waals surface area contributed by atoms with Crippen LogP contribution in [0.1, 0.15) is 31.9 Å². The molecule has 0 spiro atoms. The maximum Gasteiger partial charge on any atom is 0.278 e. The summed E-state index contributed by atoms with van der Waals surface area (Å²) in [5.41, 5.74) is 6.02. The van der Waals surface area contributed by atoms with E-state index < -0.39 is 54.6 Å². The van der Waals surface area contributed by atoms with Gasteiger partial charge in [-0.15, -0.1) is 0 Å². The van der Waals surface area contributed by atoms with Gasteiger partial charge in [0.1, 0.15) is 24.6 Å². The number of aliphatic hydroxyl groups excluding tert-OH is 2. The number of hydrogen-bond acceptors (Lipinski definition) is 18. The Hall–Kier alpha value is -1.40. The number of phosphoric ester groups is 1. The monoisotopic (exact) mass is 602 g/mol. The van der Waals surface area contributed by atoms with Gasteiger partial charge < -0.3 is 54.7 Å². The molecular weight excluding hydrogens is 577 g/mol. The maximum absolute atomic E-state index is 11.8. The van der Waals surface area contributed by atoms with Gasteiger partial charge in [0, 0.05) is 6.54 Å². The van der Waals surface area contributed by atoms with Crippen LogP contribution in [-0.2, 0) is 31.6 Å². The molecule has 1 aliphatic heterocycles. The van der Waals surface area contributed by atoms with Gasteiger partial charge in [0.25, 0.3) is 15.6 Å². The van der Waals surface area contributed by atoms with Gasteiger partial charge in [-0.05, 0) is 19.4 Å². The Morgan fingerprint density at radius 2 is 1.71 bits per heavy atom. The topological polar surface area (TPSA) is 302 Å². The van der Waals surface area contributed by atoms with E-state index >= 15 is 0 Å². The van der Waals surface area contributed by atoms with Crippen LogP contribution in [0.25, 0.3) is 11.2 Å². The first-order valence-corrected chi connectivity index (χ1v) is 15.5. The highest BCUT2D eigenvalue weighted by Gasteiger charge is 2.45. The smallest absolute Gasteiger partial charge is 0.278 e. The van der Waals surface area contributed by atoms with Crippen molar-refractivity contribution in [2.75, 3.05) is 25.0 Å². The zero-order chi connectivity index (χ0) is 28.1. The van der Waals surface area contributed by atoms with Gasteiger partial charge in [0.15, 0.2) is 23.2 Å². The zero-order valence-corrected chi connectivity index (χ0v) is 22.2. The molecule has 5 N–H and O–H groups in total. The number of anilines is 1.